The van der Waals surface area contributed by atoms with Gasteiger partial charge in [0.05, 0.1) is 11.0 Å². The molecule has 0 aliphatic carbocycles. The number of anilines is 6. The lowest BCUT2D eigenvalue weighted by molar-refractivity contribution is 0.922. The first-order chi connectivity index (χ1) is 29.9. The second-order valence-corrected chi connectivity index (χ2v) is 16.3. The van der Waals surface area contributed by atoms with E-state index in [9.17, 15) is 0 Å². The van der Waals surface area contributed by atoms with Crippen LogP contribution in [0, 0.1) is 27.7 Å². The summed E-state index contributed by atoms with van der Waals surface area (Å²) in [5, 5.41) is 6.06. The molecule has 1 aromatic heterocycles. The number of benzene rings is 8. The van der Waals surface area contributed by atoms with Crippen molar-refractivity contribution in [3.05, 3.63) is 222 Å². The summed E-state index contributed by atoms with van der Waals surface area (Å²) in [4.78, 5) is 4.70. The lowest BCUT2D eigenvalue weighted by Crippen LogP contribution is -2.19. The molecule has 0 atom stereocenters. The van der Waals surface area contributed by atoms with Crippen molar-refractivity contribution in [2.24, 2.45) is 0 Å². The predicted octanol–water partition coefficient (Wildman–Crippen LogP) is 15.3. The molecule has 4 nitrogen and oxygen atoms in total. The minimum absolute atomic E-state index is 0.791. The zero-order chi connectivity index (χ0) is 41.5. The number of rotatable bonds is 9. The summed E-state index contributed by atoms with van der Waals surface area (Å²) in [6, 6.07) is 66.9. The van der Waals surface area contributed by atoms with Crippen molar-refractivity contribution in [1.29, 1.82) is 0 Å². The van der Waals surface area contributed by atoms with Crippen molar-refractivity contribution in [3.8, 4) is 22.3 Å². The number of dihydropyridines is 1. The Kier molecular flexibility index (Phi) is 9.82. The second-order valence-electron chi connectivity index (χ2n) is 16.3. The zero-order valence-electron chi connectivity index (χ0n) is 35.1. The minimum Gasteiger partial charge on any atom is -0.368 e. The Morgan fingerprint density at radius 2 is 0.770 bits per heavy atom. The fourth-order valence-electron chi connectivity index (χ4n) is 8.56. The normalized spacial score (nSPS) is 12.4. The number of fused-ring (bicyclic) bond motifs is 3. The number of hydrogen-bond acceptors (Lipinski definition) is 3. The van der Waals surface area contributed by atoms with E-state index in [0.717, 1.165) is 46.5 Å². The van der Waals surface area contributed by atoms with Crippen molar-refractivity contribution in [1.82, 2.24) is 9.88 Å². The average molecular weight is 789 g/mol. The van der Waals surface area contributed by atoms with Crippen LogP contribution < -0.4 is 15.1 Å². The summed E-state index contributed by atoms with van der Waals surface area (Å²) in [5.41, 5.74) is 18.7. The first-order valence-corrected chi connectivity index (χ1v) is 21.1. The van der Waals surface area contributed by atoms with Crippen molar-refractivity contribution >= 4 is 61.8 Å². The highest BCUT2D eigenvalue weighted by molar-refractivity contribution is 6.12. The Balaban J connectivity index is 1.10. The maximum Gasteiger partial charge on any atom is 0.111 e. The molecule has 8 aromatic carbocycles. The lowest BCUT2D eigenvalue weighted by Gasteiger charge is -2.26. The Labute approximate surface area is 359 Å². The number of aryl methyl sites for hydroxylation is 4. The Morgan fingerprint density at radius 3 is 1.13 bits per heavy atom. The molecule has 0 saturated heterocycles. The van der Waals surface area contributed by atoms with Crippen molar-refractivity contribution in [2.45, 2.75) is 27.7 Å². The highest BCUT2D eigenvalue weighted by Crippen LogP contribution is 2.41. The van der Waals surface area contributed by atoms with Crippen molar-refractivity contribution < 1.29 is 0 Å². The van der Waals surface area contributed by atoms with Gasteiger partial charge in [-0.1, -0.05) is 119 Å². The number of nitrogens with zero attached hydrogens (tertiary/aromatic N) is 3. The zero-order valence-corrected chi connectivity index (χ0v) is 35.1. The van der Waals surface area contributed by atoms with Gasteiger partial charge in [0.15, 0.2) is 0 Å². The summed E-state index contributed by atoms with van der Waals surface area (Å²) >= 11 is 0. The molecule has 0 spiro atoms. The molecule has 1 aliphatic rings. The lowest BCUT2D eigenvalue weighted by atomic mass is 9.99. The number of aromatic nitrogens is 1. The molecular formula is C57H48N4. The highest BCUT2D eigenvalue weighted by atomic mass is 15.2. The average Bonchev–Trinajstić information content (AvgIpc) is 3.63. The Bertz CT molecular complexity index is 2810. The number of allylic oxidation sites excluding steroid dienone is 2. The first kappa shape index (κ1) is 37.7. The summed E-state index contributed by atoms with van der Waals surface area (Å²) < 4.78 is 2.38. The summed E-state index contributed by atoms with van der Waals surface area (Å²) in [6.45, 7) is 9.34. The maximum atomic E-state index is 3.64. The fourth-order valence-corrected chi connectivity index (χ4v) is 8.56. The third-order valence-electron chi connectivity index (χ3n) is 11.8. The van der Waals surface area contributed by atoms with Crippen LogP contribution in [0.2, 0.25) is 0 Å². The van der Waals surface area contributed by atoms with Gasteiger partial charge in [0, 0.05) is 51.4 Å². The highest BCUT2D eigenvalue weighted by Gasteiger charge is 2.19. The predicted molar refractivity (Wildman–Crippen MR) is 260 cm³/mol. The molecule has 1 aliphatic heterocycles. The van der Waals surface area contributed by atoms with Crippen molar-refractivity contribution in [2.75, 3.05) is 16.3 Å². The van der Waals surface area contributed by atoms with Crippen LogP contribution in [-0.4, -0.2) is 11.1 Å². The van der Waals surface area contributed by atoms with Crippen LogP contribution in [0.4, 0.5) is 34.1 Å². The van der Waals surface area contributed by atoms with Gasteiger partial charge in [0.25, 0.3) is 0 Å². The van der Waals surface area contributed by atoms with Gasteiger partial charge in [0.1, 0.15) is 5.82 Å². The summed E-state index contributed by atoms with van der Waals surface area (Å²) in [6.07, 6.45) is 6.47. The monoisotopic (exact) mass is 788 g/mol. The number of hydrogen-bond donors (Lipinski definition) is 1. The van der Waals surface area contributed by atoms with Gasteiger partial charge >= 0.3 is 0 Å². The molecule has 0 amide bonds. The Morgan fingerprint density at radius 1 is 0.393 bits per heavy atom. The van der Waals surface area contributed by atoms with E-state index in [1.54, 1.807) is 0 Å². The van der Waals surface area contributed by atoms with Gasteiger partial charge in [-0.3, -0.25) is 4.57 Å². The topological polar surface area (TPSA) is 23.4 Å². The molecule has 61 heavy (non-hydrogen) atoms. The minimum atomic E-state index is 0.791. The SMILES string of the molecule is Cc1ccc(N(c2ccc(C)cc2)c2cccc(-c3ccc4c(c3)c3cc(-c5cccc(N(c6ccc(C)cc6)c6ccc(C)cc6)c5)ccc3n4C3=CC=CCN3)c2)cc1. The van der Waals surface area contributed by atoms with E-state index in [-0.39, 0.29) is 0 Å². The van der Waals surface area contributed by atoms with E-state index in [1.165, 1.54) is 66.3 Å². The van der Waals surface area contributed by atoms with Crippen LogP contribution in [0.25, 0.3) is 49.9 Å². The van der Waals surface area contributed by atoms with E-state index in [1.807, 2.05) is 0 Å². The fraction of sp³-hybridized carbons (Fsp3) is 0.0877. The largest absolute Gasteiger partial charge is 0.368 e. The van der Waals surface area contributed by atoms with Crippen LogP contribution in [0.3, 0.4) is 0 Å². The molecule has 1 N–H and O–H groups in total. The second kappa shape index (κ2) is 15.9. The molecule has 2 heterocycles. The van der Waals surface area contributed by atoms with Gasteiger partial charge in [-0.25, -0.2) is 0 Å². The van der Waals surface area contributed by atoms with E-state index >= 15 is 0 Å². The van der Waals surface area contributed by atoms with E-state index in [2.05, 4.69) is 248 Å². The van der Waals surface area contributed by atoms with E-state index in [4.69, 9.17) is 0 Å². The van der Waals surface area contributed by atoms with E-state index < -0.39 is 0 Å². The molecule has 296 valence electrons. The van der Waals surface area contributed by atoms with Gasteiger partial charge < -0.3 is 15.1 Å². The maximum absolute atomic E-state index is 3.64. The molecule has 4 heteroatoms. The van der Waals surface area contributed by atoms with Crippen LogP contribution in [0.1, 0.15) is 22.3 Å². The molecule has 9 aromatic rings. The van der Waals surface area contributed by atoms with Crippen LogP contribution in [0.15, 0.2) is 200 Å². The van der Waals surface area contributed by atoms with Crippen LogP contribution in [0.5, 0.6) is 0 Å². The standard InChI is InChI=1S/C57H48N4/c1-39-14-24-47(25-15-39)59(48-26-16-40(2)17-27-48)51-11-7-9-43(35-51)45-22-32-55-53(37-45)54-38-46(23-33-56(54)61(55)57-13-5-6-34-58-57)44-10-8-12-52(36-44)60(49-28-18-41(3)19-29-49)50-30-20-42(4)21-31-50/h5-33,35-38,58H,34H2,1-4H3. The van der Waals surface area contributed by atoms with Crippen LogP contribution in [-0.2, 0) is 0 Å². The molecule has 10 rings (SSSR count). The molecular weight excluding hydrogens is 741 g/mol. The third kappa shape index (κ3) is 7.38. The number of nitrogens with one attached hydrogen (secondary N) is 1. The summed E-state index contributed by atoms with van der Waals surface area (Å²) in [5.74, 6) is 1.07. The Hall–Kier alpha value is -7.56. The molecule has 0 saturated carbocycles. The quantitative estimate of drug-likeness (QED) is 0.158. The molecule has 0 fully saturated rings. The van der Waals surface area contributed by atoms with E-state index in [0.29, 0.717) is 0 Å². The van der Waals surface area contributed by atoms with Crippen molar-refractivity contribution in [3.63, 3.8) is 0 Å². The van der Waals surface area contributed by atoms with Gasteiger partial charge in [0.2, 0.25) is 0 Å². The van der Waals surface area contributed by atoms with Crippen LogP contribution >= 0.6 is 0 Å². The summed E-state index contributed by atoms with van der Waals surface area (Å²) in [7, 11) is 0. The first-order valence-electron chi connectivity index (χ1n) is 21.1. The smallest absolute Gasteiger partial charge is 0.111 e. The molecule has 0 unspecified atom stereocenters. The molecule has 0 bridgehead atoms. The van der Waals surface area contributed by atoms with Gasteiger partial charge in [-0.2, -0.15) is 0 Å². The van der Waals surface area contributed by atoms with Gasteiger partial charge in [-0.15, -0.1) is 0 Å². The third-order valence-corrected chi connectivity index (χ3v) is 11.8. The van der Waals surface area contributed by atoms with Gasteiger partial charge in [-0.05, 0) is 153 Å². The molecule has 0 radical (unpaired) electrons.